The Labute approximate surface area is 120 Å². The molecular formula is C17H24N2O. The monoisotopic (exact) mass is 272 g/mol. The van der Waals surface area contributed by atoms with E-state index in [4.69, 9.17) is 10.5 Å². The summed E-state index contributed by atoms with van der Waals surface area (Å²) in [6.07, 6.45) is 8.56. The first-order chi connectivity index (χ1) is 9.62. The Morgan fingerprint density at radius 1 is 1.15 bits per heavy atom. The lowest BCUT2D eigenvalue weighted by molar-refractivity contribution is -0.0744. The first-order valence-electron chi connectivity index (χ1n) is 7.98. The predicted octanol–water partition coefficient (Wildman–Crippen LogP) is 3.57. The molecule has 0 aromatic carbocycles. The maximum atomic E-state index is 6.09. The topological polar surface area (TPSA) is 48.1 Å². The lowest BCUT2D eigenvalue weighted by atomic mass is 9.50. The Kier molecular flexibility index (Phi) is 2.73. The molecular weight excluding hydrogens is 248 g/mol. The highest BCUT2D eigenvalue weighted by Crippen LogP contribution is 2.60. The van der Waals surface area contributed by atoms with E-state index in [1.807, 2.05) is 19.1 Å². The van der Waals surface area contributed by atoms with E-state index in [-0.39, 0.29) is 0 Å². The number of ether oxygens (including phenoxy) is 1. The van der Waals surface area contributed by atoms with Crippen LogP contribution in [0.3, 0.4) is 0 Å². The number of anilines is 1. The molecule has 0 spiro atoms. The van der Waals surface area contributed by atoms with Gasteiger partial charge in [0, 0.05) is 11.1 Å². The molecule has 20 heavy (non-hydrogen) atoms. The third-order valence-electron chi connectivity index (χ3n) is 5.72. The van der Waals surface area contributed by atoms with Crippen LogP contribution in [-0.2, 0) is 0 Å². The fourth-order valence-corrected chi connectivity index (χ4v) is 5.38. The third kappa shape index (κ3) is 2.07. The molecule has 4 saturated carbocycles. The highest BCUT2D eigenvalue weighted by Gasteiger charge is 2.51. The minimum Gasteiger partial charge on any atom is -0.489 e. The Bertz CT molecular complexity index is 490. The Hall–Kier alpha value is -1.25. The minimum absolute atomic E-state index is 0.437. The second-order valence-corrected chi connectivity index (χ2v) is 7.54. The van der Waals surface area contributed by atoms with Gasteiger partial charge in [-0.15, -0.1) is 0 Å². The summed E-state index contributed by atoms with van der Waals surface area (Å²) in [5.41, 5.74) is 7.35. The molecule has 0 unspecified atom stereocenters. The molecule has 4 aliphatic carbocycles. The van der Waals surface area contributed by atoms with Gasteiger partial charge in [-0.05, 0) is 75.3 Å². The van der Waals surface area contributed by atoms with E-state index in [2.05, 4.69) is 4.98 Å². The van der Waals surface area contributed by atoms with Crippen LogP contribution in [-0.4, -0.2) is 11.6 Å². The van der Waals surface area contributed by atoms with Gasteiger partial charge in [0.15, 0.2) is 11.6 Å². The second-order valence-electron chi connectivity index (χ2n) is 7.54. The van der Waals surface area contributed by atoms with E-state index in [0.29, 0.717) is 11.2 Å². The van der Waals surface area contributed by atoms with Gasteiger partial charge in [0.1, 0.15) is 0 Å². The van der Waals surface area contributed by atoms with Crippen LogP contribution in [0.1, 0.15) is 44.2 Å². The molecule has 0 atom stereocenters. The molecule has 0 amide bonds. The second kappa shape index (κ2) is 4.37. The summed E-state index contributed by atoms with van der Waals surface area (Å²) in [5.74, 6) is 4.22. The molecule has 4 bridgehead atoms. The van der Waals surface area contributed by atoms with E-state index < -0.39 is 0 Å². The maximum Gasteiger partial charge on any atom is 0.166 e. The van der Waals surface area contributed by atoms with Crippen LogP contribution < -0.4 is 10.5 Å². The number of aromatic nitrogens is 1. The van der Waals surface area contributed by atoms with Gasteiger partial charge in [-0.1, -0.05) is 0 Å². The van der Waals surface area contributed by atoms with Crippen LogP contribution in [0, 0.1) is 30.1 Å². The van der Waals surface area contributed by atoms with Gasteiger partial charge in [-0.3, -0.25) is 0 Å². The largest absolute Gasteiger partial charge is 0.489 e. The van der Waals surface area contributed by atoms with Crippen molar-refractivity contribution in [3.05, 3.63) is 17.8 Å². The standard InChI is InChI=1S/C17H24N2O/c1-11-2-3-15(16(18)19-11)20-10-17-7-12-4-13(8-17)6-14(5-12)9-17/h2-3,12-14H,4-10H2,1H3,(H2,18,19). The fraction of sp³-hybridized carbons (Fsp3) is 0.706. The molecule has 2 N–H and O–H groups in total. The summed E-state index contributed by atoms with van der Waals surface area (Å²) in [5, 5.41) is 0. The normalized spacial score (nSPS) is 38.1. The van der Waals surface area contributed by atoms with Crippen molar-refractivity contribution in [1.82, 2.24) is 4.98 Å². The van der Waals surface area contributed by atoms with Gasteiger partial charge in [-0.2, -0.15) is 0 Å². The molecule has 4 aliphatic rings. The zero-order valence-corrected chi connectivity index (χ0v) is 12.3. The first kappa shape index (κ1) is 12.5. The molecule has 1 heterocycles. The summed E-state index contributed by atoms with van der Waals surface area (Å²) in [4.78, 5) is 4.29. The van der Waals surface area contributed by atoms with E-state index in [1.54, 1.807) is 0 Å². The van der Waals surface area contributed by atoms with E-state index in [1.165, 1.54) is 38.5 Å². The molecule has 5 rings (SSSR count). The molecule has 3 heteroatoms. The lowest BCUT2D eigenvalue weighted by Gasteiger charge is -2.56. The van der Waals surface area contributed by atoms with E-state index in [9.17, 15) is 0 Å². The lowest BCUT2D eigenvalue weighted by Crippen LogP contribution is -2.48. The summed E-state index contributed by atoms with van der Waals surface area (Å²) in [6.45, 7) is 2.80. The minimum atomic E-state index is 0.437. The molecule has 1 aromatic rings. The van der Waals surface area contributed by atoms with Crippen LogP contribution in [0.25, 0.3) is 0 Å². The number of aryl methyl sites for hydroxylation is 1. The van der Waals surface area contributed by atoms with Gasteiger partial charge < -0.3 is 10.5 Å². The average Bonchev–Trinajstić information content (AvgIpc) is 2.36. The van der Waals surface area contributed by atoms with Crippen LogP contribution in [0.2, 0.25) is 0 Å². The van der Waals surface area contributed by atoms with E-state index in [0.717, 1.165) is 35.8 Å². The third-order valence-corrected chi connectivity index (χ3v) is 5.72. The number of nitrogens with two attached hydrogens (primary N) is 1. The highest BCUT2D eigenvalue weighted by atomic mass is 16.5. The maximum absolute atomic E-state index is 6.09. The van der Waals surface area contributed by atoms with Gasteiger partial charge in [-0.25, -0.2) is 4.98 Å². The van der Waals surface area contributed by atoms with E-state index >= 15 is 0 Å². The number of pyridine rings is 1. The fourth-order valence-electron chi connectivity index (χ4n) is 5.38. The van der Waals surface area contributed by atoms with Crippen molar-refractivity contribution in [3.63, 3.8) is 0 Å². The van der Waals surface area contributed by atoms with Crippen molar-refractivity contribution in [2.75, 3.05) is 12.3 Å². The zero-order chi connectivity index (χ0) is 13.7. The van der Waals surface area contributed by atoms with Gasteiger partial charge >= 0.3 is 0 Å². The summed E-state index contributed by atoms with van der Waals surface area (Å²) in [7, 11) is 0. The van der Waals surface area contributed by atoms with Crippen LogP contribution in [0.4, 0.5) is 5.82 Å². The zero-order valence-electron chi connectivity index (χ0n) is 12.3. The summed E-state index contributed by atoms with van der Waals surface area (Å²) >= 11 is 0. The van der Waals surface area contributed by atoms with Crippen molar-refractivity contribution in [3.8, 4) is 5.75 Å². The Balaban J connectivity index is 1.49. The Morgan fingerprint density at radius 2 is 1.75 bits per heavy atom. The molecule has 4 fully saturated rings. The van der Waals surface area contributed by atoms with Gasteiger partial charge in [0.05, 0.1) is 6.61 Å². The number of hydrogen-bond acceptors (Lipinski definition) is 3. The van der Waals surface area contributed by atoms with Crippen molar-refractivity contribution in [2.45, 2.75) is 45.4 Å². The van der Waals surface area contributed by atoms with Crippen LogP contribution in [0.5, 0.6) is 5.75 Å². The summed E-state index contributed by atoms with van der Waals surface area (Å²) < 4.78 is 6.09. The van der Waals surface area contributed by atoms with Crippen LogP contribution >= 0.6 is 0 Å². The van der Waals surface area contributed by atoms with Crippen LogP contribution in [0.15, 0.2) is 12.1 Å². The molecule has 0 radical (unpaired) electrons. The van der Waals surface area contributed by atoms with Crippen molar-refractivity contribution in [1.29, 1.82) is 0 Å². The molecule has 3 nitrogen and oxygen atoms in total. The molecule has 0 saturated heterocycles. The number of nitrogens with zero attached hydrogens (tertiary/aromatic N) is 1. The first-order valence-corrected chi connectivity index (χ1v) is 7.98. The molecule has 1 aromatic heterocycles. The quantitative estimate of drug-likeness (QED) is 0.915. The van der Waals surface area contributed by atoms with Crippen molar-refractivity contribution >= 4 is 5.82 Å². The van der Waals surface area contributed by atoms with Crippen molar-refractivity contribution < 1.29 is 4.74 Å². The average molecular weight is 272 g/mol. The summed E-state index contributed by atoms with van der Waals surface area (Å²) in [6, 6.07) is 3.95. The predicted molar refractivity (Wildman–Crippen MR) is 79.5 cm³/mol. The molecule has 0 aliphatic heterocycles. The SMILES string of the molecule is Cc1ccc(OCC23CC4CC(CC(C4)C2)C3)c(N)n1. The van der Waals surface area contributed by atoms with Gasteiger partial charge in [0.25, 0.3) is 0 Å². The Morgan fingerprint density at radius 3 is 2.30 bits per heavy atom. The smallest absolute Gasteiger partial charge is 0.166 e. The van der Waals surface area contributed by atoms with Gasteiger partial charge in [0.2, 0.25) is 0 Å². The number of hydrogen-bond donors (Lipinski definition) is 1. The van der Waals surface area contributed by atoms with Crippen molar-refractivity contribution in [2.24, 2.45) is 23.2 Å². The highest BCUT2D eigenvalue weighted by molar-refractivity contribution is 5.46. The number of nitrogen functional groups attached to an aromatic ring is 1. The molecule has 108 valence electrons. The number of rotatable bonds is 3.